The minimum absolute atomic E-state index is 0.0117. The summed E-state index contributed by atoms with van der Waals surface area (Å²) in [4.78, 5) is 17.7. The third-order valence-corrected chi connectivity index (χ3v) is 7.24. The lowest BCUT2D eigenvalue weighted by Gasteiger charge is -2.11. The van der Waals surface area contributed by atoms with Gasteiger partial charge in [0.15, 0.2) is 9.84 Å². The van der Waals surface area contributed by atoms with E-state index in [4.69, 9.17) is 4.98 Å². The number of rotatable bonds is 6. The number of hydrogen-bond donors (Lipinski definition) is 1. The Morgan fingerprint density at radius 2 is 1.97 bits per heavy atom. The molecule has 2 aromatic carbocycles. The molecule has 4 rings (SSSR count). The monoisotopic (exact) mass is 423 g/mol. The Kier molecular flexibility index (Phi) is 5.72. The number of benzene rings is 2. The van der Waals surface area contributed by atoms with Gasteiger partial charge in [0.1, 0.15) is 5.82 Å². The summed E-state index contributed by atoms with van der Waals surface area (Å²) < 4.78 is 27.3. The maximum Gasteiger partial charge on any atom is 0.256 e. The van der Waals surface area contributed by atoms with Crippen LogP contribution in [0.1, 0.15) is 42.4 Å². The Labute approximate surface area is 176 Å². The average Bonchev–Trinajstić information content (AvgIpc) is 3.18. The number of sulfone groups is 1. The molecule has 0 saturated carbocycles. The van der Waals surface area contributed by atoms with Crippen LogP contribution in [0.5, 0.6) is 0 Å². The Hall–Kier alpha value is -2.93. The van der Waals surface area contributed by atoms with Crippen LogP contribution >= 0.6 is 0 Å². The lowest BCUT2D eigenvalue weighted by atomic mass is 10.1. The number of carbonyl (C=O) groups is 1. The second-order valence-corrected chi connectivity index (χ2v) is 9.62. The fraction of sp³-hybridized carbons (Fsp3) is 0.304. The maximum absolute atomic E-state index is 12.9. The molecule has 0 fully saturated rings. The van der Waals surface area contributed by atoms with Crippen molar-refractivity contribution in [1.29, 1.82) is 0 Å². The number of aryl methyl sites for hydroxylation is 2. The van der Waals surface area contributed by atoms with E-state index in [-0.39, 0.29) is 16.2 Å². The molecule has 1 aliphatic rings. The van der Waals surface area contributed by atoms with E-state index >= 15 is 0 Å². The summed E-state index contributed by atoms with van der Waals surface area (Å²) in [6, 6.07) is 13.8. The summed E-state index contributed by atoms with van der Waals surface area (Å²) in [5.41, 5.74) is 2.57. The molecule has 30 heavy (non-hydrogen) atoms. The van der Waals surface area contributed by atoms with Crippen LogP contribution in [0.25, 0.3) is 11.3 Å². The van der Waals surface area contributed by atoms with Gasteiger partial charge in [0.25, 0.3) is 5.91 Å². The molecule has 0 radical (unpaired) electrons. The molecule has 1 N–H and O–H groups in total. The zero-order chi connectivity index (χ0) is 21.1. The van der Waals surface area contributed by atoms with E-state index in [0.29, 0.717) is 12.1 Å². The van der Waals surface area contributed by atoms with Gasteiger partial charge in [-0.3, -0.25) is 4.79 Å². The first-order valence-corrected chi connectivity index (χ1v) is 11.9. The summed E-state index contributed by atoms with van der Waals surface area (Å²) in [6.45, 7) is 2.79. The largest absolute Gasteiger partial charge is 0.334 e. The molecule has 2 heterocycles. The predicted octanol–water partition coefficient (Wildman–Crippen LogP) is 4.32. The van der Waals surface area contributed by atoms with Gasteiger partial charge in [0, 0.05) is 30.4 Å². The highest BCUT2D eigenvalue weighted by Crippen LogP contribution is 2.26. The average molecular weight is 424 g/mol. The van der Waals surface area contributed by atoms with Crippen molar-refractivity contribution < 1.29 is 13.2 Å². The van der Waals surface area contributed by atoms with Crippen molar-refractivity contribution in [1.82, 2.24) is 9.55 Å². The molecule has 0 saturated heterocycles. The second-order valence-electron chi connectivity index (χ2n) is 7.54. The Morgan fingerprint density at radius 1 is 1.13 bits per heavy atom. The molecule has 0 atom stereocenters. The van der Waals surface area contributed by atoms with Crippen molar-refractivity contribution in [2.24, 2.45) is 0 Å². The zero-order valence-electron chi connectivity index (χ0n) is 17.0. The summed E-state index contributed by atoms with van der Waals surface area (Å²) in [7, 11) is -3.51. The standard InChI is InChI=1S/C23H25N3O3S/c1-2-14-30(28,29)21-11-4-3-10-19(21)23(27)24-18-9-7-8-17(15-18)20-16-26-13-6-5-12-22(26)25-20/h3-4,7-11,15-16H,2,5-6,12-14H2,1H3,(H,24,27). The van der Waals surface area contributed by atoms with Gasteiger partial charge in [-0.1, -0.05) is 31.2 Å². The van der Waals surface area contributed by atoms with E-state index in [1.54, 1.807) is 31.2 Å². The highest BCUT2D eigenvalue weighted by Gasteiger charge is 2.21. The van der Waals surface area contributed by atoms with Crippen molar-refractivity contribution in [3.05, 3.63) is 66.1 Å². The molecular weight excluding hydrogens is 398 g/mol. The molecule has 0 unspecified atom stereocenters. The number of carbonyl (C=O) groups excluding carboxylic acids is 1. The van der Waals surface area contributed by atoms with Crippen LogP contribution in [0.3, 0.4) is 0 Å². The molecule has 1 aromatic heterocycles. The van der Waals surface area contributed by atoms with Gasteiger partial charge < -0.3 is 9.88 Å². The van der Waals surface area contributed by atoms with Gasteiger partial charge in [-0.2, -0.15) is 0 Å². The van der Waals surface area contributed by atoms with Crippen LogP contribution in [0.4, 0.5) is 5.69 Å². The van der Waals surface area contributed by atoms with E-state index in [2.05, 4.69) is 16.1 Å². The van der Waals surface area contributed by atoms with Crippen LogP contribution in [0.15, 0.2) is 59.6 Å². The topological polar surface area (TPSA) is 81.1 Å². The number of nitrogens with zero attached hydrogens (tertiary/aromatic N) is 2. The highest BCUT2D eigenvalue weighted by molar-refractivity contribution is 7.91. The van der Waals surface area contributed by atoms with Gasteiger partial charge in [0.2, 0.25) is 0 Å². The molecule has 0 spiro atoms. The van der Waals surface area contributed by atoms with E-state index in [1.807, 2.05) is 18.2 Å². The Morgan fingerprint density at radius 3 is 2.77 bits per heavy atom. The molecule has 7 heteroatoms. The molecule has 1 amide bonds. The maximum atomic E-state index is 12.9. The minimum atomic E-state index is -3.51. The van der Waals surface area contributed by atoms with Crippen LogP contribution < -0.4 is 5.32 Å². The number of anilines is 1. The van der Waals surface area contributed by atoms with Crippen LogP contribution in [0.2, 0.25) is 0 Å². The van der Waals surface area contributed by atoms with Crippen molar-refractivity contribution >= 4 is 21.4 Å². The second kappa shape index (κ2) is 8.44. The van der Waals surface area contributed by atoms with Crippen LogP contribution in [0, 0.1) is 0 Å². The van der Waals surface area contributed by atoms with E-state index in [0.717, 1.165) is 36.5 Å². The van der Waals surface area contributed by atoms with Crippen molar-refractivity contribution in [2.75, 3.05) is 11.1 Å². The Balaban J connectivity index is 1.60. The molecule has 6 nitrogen and oxygen atoms in total. The number of aromatic nitrogens is 2. The smallest absolute Gasteiger partial charge is 0.256 e. The van der Waals surface area contributed by atoms with Crippen molar-refractivity contribution in [3.8, 4) is 11.3 Å². The fourth-order valence-corrected chi connectivity index (χ4v) is 5.35. The summed E-state index contributed by atoms with van der Waals surface area (Å²) >= 11 is 0. The van der Waals surface area contributed by atoms with E-state index in [9.17, 15) is 13.2 Å². The number of amides is 1. The number of nitrogens with one attached hydrogen (secondary N) is 1. The minimum Gasteiger partial charge on any atom is -0.334 e. The summed E-state index contributed by atoms with van der Waals surface area (Å²) in [5.74, 6) is 0.671. The van der Waals surface area contributed by atoms with Crippen molar-refractivity contribution in [2.45, 2.75) is 44.0 Å². The lowest BCUT2D eigenvalue weighted by molar-refractivity contribution is 0.102. The third kappa shape index (κ3) is 4.16. The number of imidazole rings is 1. The van der Waals surface area contributed by atoms with E-state index < -0.39 is 15.7 Å². The number of hydrogen-bond acceptors (Lipinski definition) is 4. The predicted molar refractivity (Wildman–Crippen MR) is 117 cm³/mol. The molecule has 0 bridgehead atoms. The summed E-state index contributed by atoms with van der Waals surface area (Å²) in [5, 5.41) is 2.85. The molecule has 156 valence electrons. The molecule has 1 aliphatic heterocycles. The highest BCUT2D eigenvalue weighted by atomic mass is 32.2. The van der Waals surface area contributed by atoms with Gasteiger partial charge in [-0.25, -0.2) is 13.4 Å². The normalized spacial score (nSPS) is 13.6. The summed E-state index contributed by atoms with van der Waals surface area (Å²) in [6.07, 6.45) is 5.86. The Bertz CT molecular complexity index is 1160. The zero-order valence-corrected chi connectivity index (χ0v) is 17.8. The lowest BCUT2D eigenvalue weighted by Crippen LogP contribution is -2.17. The van der Waals surface area contributed by atoms with Gasteiger partial charge in [0.05, 0.1) is 21.9 Å². The van der Waals surface area contributed by atoms with Gasteiger partial charge >= 0.3 is 0 Å². The van der Waals surface area contributed by atoms with E-state index in [1.165, 1.54) is 12.5 Å². The fourth-order valence-electron chi connectivity index (χ4n) is 3.81. The molecular formula is C23H25N3O3S. The molecule has 3 aromatic rings. The first-order valence-electron chi connectivity index (χ1n) is 10.3. The third-order valence-electron chi connectivity index (χ3n) is 5.26. The molecule has 0 aliphatic carbocycles. The van der Waals surface area contributed by atoms with Gasteiger partial charge in [-0.05, 0) is 43.5 Å². The van der Waals surface area contributed by atoms with Crippen LogP contribution in [-0.4, -0.2) is 29.6 Å². The first kappa shape index (κ1) is 20.3. The van der Waals surface area contributed by atoms with Crippen LogP contribution in [-0.2, 0) is 22.8 Å². The SMILES string of the molecule is CCCS(=O)(=O)c1ccccc1C(=O)Nc1cccc(-c2cn3c(n2)CCCC3)c1. The van der Waals surface area contributed by atoms with Crippen molar-refractivity contribution in [3.63, 3.8) is 0 Å². The van der Waals surface area contributed by atoms with Gasteiger partial charge in [-0.15, -0.1) is 0 Å². The first-order chi connectivity index (χ1) is 14.5. The number of fused-ring (bicyclic) bond motifs is 1. The quantitative estimate of drug-likeness (QED) is 0.640.